The van der Waals surface area contributed by atoms with Gasteiger partial charge in [-0.15, -0.1) is 0 Å². The van der Waals surface area contributed by atoms with E-state index in [0.29, 0.717) is 0 Å². The molecule has 0 saturated carbocycles. The Bertz CT molecular complexity index is 554. The number of hydrogen-bond acceptors (Lipinski definition) is 2. The maximum atomic E-state index is 4.46. The third-order valence-corrected chi connectivity index (χ3v) is 3.43. The lowest BCUT2D eigenvalue weighted by Crippen LogP contribution is -2.19. The van der Waals surface area contributed by atoms with E-state index < -0.39 is 0 Å². The fourth-order valence-corrected chi connectivity index (χ4v) is 2.58. The average Bonchev–Trinajstić information content (AvgIpc) is 2.69. The van der Waals surface area contributed by atoms with Gasteiger partial charge in [0.15, 0.2) is 0 Å². The van der Waals surface area contributed by atoms with Crippen molar-refractivity contribution in [3.8, 4) is 0 Å². The highest BCUT2D eigenvalue weighted by molar-refractivity contribution is 7.78. The summed E-state index contributed by atoms with van der Waals surface area (Å²) in [5, 5.41) is 4.63. The molecule has 0 fully saturated rings. The van der Waals surface area contributed by atoms with Gasteiger partial charge in [0.25, 0.3) is 0 Å². The predicted octanol–water partition coefficient (Wildman–Crippen LogP) is 2.71. The van der Waals surface area contributed by atoms with E-state index in [1.807, 2.05) is 3.97 Å². The Labute approximate surface area is 101 Å². The van der Waals surface area contributed by atoms with Gasteiger partial charge in [-0.25, -0.2) is 0 Å². The first-order chi connectivity index (χ1) is 7.86. The van der Waals surface area contributed by atoms with E-state index in [2.05, 4.69) is 54.7 Å². The topological polar surface area (TPSA) is 17.0 Å². The van der Waals surface area contributed by atoms with Crippen molar-refractivity contribution in [3.63, 3.8) is 0 Å². The van der Waals surface area contributed by atoms with E-state index in [9.17, 15) is 0 Å². The summed E-state index contributed by atoms with van der Waals surface area (Å²) >= 11 is 4.46. The van der Waals surface area contributed by atoms with Crippen molar-refractivity contribution in [3.05, 3.63) is 42.1 Å². The standard InChI is InChI=1S/C13H14N2S/c16-15-9-12(10-5-7-14-8-6-10)11-3-1-2-4-13(11)15/h1-5,9,14,16H,6-8H2. The molecule has 0 unspecified atom stereocenters. The maximum absolute atomic E-state index is 4.46. The normalized spacial score (nSPS) is 16.4. The first-order valence-corrected chi connectivity index (χ1v) is 5.96. The highest BCUT2D eigenvalue weighted by atomic mass is 32.1. The molecule has 0 spiro atoms. The van der Waals surface area contributed by atoms with Crippen molar-refractivity contribution >= 4 is 29.3 Å². The number of aromatic nitrogens is 1. The molecule has 1 aliphatic heterocycles. The highest BCUT2D eigenvalue weighted by Gasteiger charge is 2.12. The van der Waals surface area contributed by atoms with Crippen LogP contribution in [0.15, 0.2) is 36.5 Å². The minimum Gasteiger partial charge on any atom is -0.313 e. The molecule has 0 aliphatic carbocycles. The molecule has 3 rings (SSSR count). The van der Waals surface area contributed by atoms with Crippen LogP contribution in [0.1, 0.15) is 12.0 Å². The van der Waals surface area contributed by atoms with Gasteiger partial charge >= 0.3 is 0 Å². The molecule has 2 heterocycles. The summed E-state index contributed by atoms with van der Waals surface area (Å²) in [4.78, 5) is 0. The Morgan fingerprint density at radius 3 is 2.94 bits per heavy atom. The monoisotopic (exact) mass is 230 g/mol. The maximum Gasteiger partial charge on any atom is 0.0595 e. The van der Waals surface area contributed by atoms with Gasteiger partial charge in [0, 0.05) is 23.7 Å². The molecule has 1 aromatic carbocycles. The zero-order chi connectivity index (χ0) is 11.0. The van der Waals surface area contributed by atoms with Gasteiger partial charge in [0.1, 0.15) is 0 Å². The van der Waals surface area contributed by atoms with Gasteiger partial charge in [-0.1, -0.05) is 37.1 Å². The van der Waals surface area contributed by atoms with Crippen LogP contribution < -0.4 is 5.32 Å². The Morgan fingerprint density at radius 2 is 2.12 bits per heavy atom. The molecule has 2 aromatic rings. The fourth-order valence-electron chi connectivity index (χ4n) is 2.29. The zero-order valence-corrected chi connectivity index (χ0v) is 9.87. The largest absolute Gasteiger partial charge is 0.313 e. The molecule has 1 aliphatic rings. The second-order valence-corrected chi connectivity index (χ2v) is 4.52. The summed E-state index contributed by atoms with van der Waals surface area (Å²) in [6.07, 6.45) is 5.49. The van der Waals surface area contributed by atoms with Gasteiger partial charge in [-0.3, -0.25) is 3.97 Å². The van der Waals surface area contributed by atoms with E-state index in [1.54, 1.807) is 0 Å². The summed E-state index contributed by atoms with van der Waals surface area (Å²) in [7, 11) is 0. The number of rotatable bonds is 1. The first-order valence-electron chi connectivity index (χ1n) is 5.56. The molecule has 16 heavy (non-hydrogen) atoms. The van der Waals surface area contributed by atoms with Crippen molar-refractivity contribution in [2.45, 2.75) is 6.42 Å². The minimum absolute atomic E-state index is 0.974. The SMILES string of the molecule is Sn1cc(C2=CCNCC2)c2ccccc21. The summed E-state index contributed by atoms with van der Waals surface area (Å²) in [6.45, 7) is 2.04. The lowest BCUT2D eigenvalue weighted by molar-refractivity contribution is 0.739. The summed E-state index contributed by atoms with van der Waals surface area (Å²) in [6, 6.07) is 8.41. The van der Waals surface area contributed by atoms with E-state index >= 15 is 0 Å². The van der Waals surface area contributed by atoms with E-state index in [1.165, 1.54) is 22.0 Å². The van der Waals surface area contributed by atoms with Crippen LogP contribution in [0.3, 0.4) is 0 Å². The Hall–Kier alpha value is -1.19. The number of thiol groups is 1. The van der Waals surface area contributed by atoms with Crippen molar-refractivity contribution in [1.82, 2.24) is 9.29 Å². The third kappa shape index (κ3) is 1.56. The smallest absolute Gasteiger partial charge is 0.0595 e. The minimum atomic E-state index is 0.974. The van der Waals surface area contributed by atoms with Crippen LogP contribution >= 0.6 is 12.8 Å². The highest BCUT2D eigenvalue weighted by Crippen LogP contribution is 2.30. The van der Waals surface area contributed by atoms with E-state index in [-0.39, 0.29) is 0 Å². The predicted molar refractivity (Wildman–Crippen MR) is 71.8 cm³/mol. The number of benzene rings is 1. The summed E-state index contributed by atoms with van der Waals surface area (Å²) < 4.78 is 1.91. The zero-order valence-electron chi connectivity index (χ0n) is 8.98. The molecule has 0 bridgehead atoms. The number of fused-ring (bicyclic) bond motifs is 1. The van der Waals surface area contributed by atoms with Crippen LogP contribution in [0.25, 0.3) is 16.5 Å². The van der Waals surface area contributed by atoms with Crippen LogP contribution in [0.4, 0.5) is 0 Å². The molecule has 1 aromatic heterocycles. The molecule has 0 radical (unpaired) electrons. The van der Waals surface area contributed by atoms with Crippen LogP contribution in [-0.4, -0.2) is 17.1 Å². The average molecular weight is 230 g/mol. The number of nitrogens with zero attached hydrogens (tertiary/aromatic N) is 1. The molecule has 1 N–H and O–H groups in total. The molecular formula is C13H14N2S. The van der Waals surface area contributed by atoms with Gasteiger partial charge in [-0.2, -0.15) is 0 Å². The first kappa shape index (κ1) is 10.00. The second-order valence-electron chi connectivity index (χ2n) is 4.09. The van der Waals surface area contributed by atoms with Gasteiger partial charge in [-0.05, 0) is 24.6 Å². The quantitative estimate of drug-likeness (QED) is 0.720. The molecule has 3 heteroatoms. The lowest BCUT2D eigenvalue weighted by atomic mass is 10.00. The molecule has 2 nitrogen and oxygen atoms in total. The molecular weight excluding hydrogens is 216 g/mol. The molecule has 0 saturated heterocycles. The van der Waals surface area contributed by atoms with Crippen molar-refractivity contribution in [1.29, 1.82) is 0 Å². The van der Waals surface area contributed by atoms with Crippen molar-refractivity contribution in [2.75, 3.05) is 13.1 Å². The second kappa shape index (κ2) is 4.00. The van der Waals surface area contributed by atoms with Gasteiger partial charge < -0.3 is 5.32 Å². The molecule has 0 atom stereocenters. The van der Waals surface area contributed by atoms with Crippen LogP contribution in [0, 0.1) is 0 Å². The number of hydrogen-bond donors (Lipinski definition) is 2. The number of nitrogens with one attached hydrogen (secondary N) is 1. The fraction of sp³-hybridized carbons (Fsp3) is 0.231. The Kier molecular flexibility index (Phi) is 2.50. The number of para-hydroxylation sites is 1. The van der Waals surface area contributed by atoms with Crippen LogP contribution in [-0.2, 0) is 0 Å². The van der Waals surface area contributed by atoms with Crippen LogP contribution in [0.5, 0.6) is 0 Å². The van der Waals surface area contributed by atoms with E-state index in [0.717, 1.165) is 19.5 Å². The van der Waals surface area contributed by atoms with Gasteiger partial charge in [0.05, 0.1) is 5.52 Å². The van der Waals surface area contributed by atoms with Gasteiger partial charge in [0.2, 0.25) is 0 Å². The van der Waals surface area contributed by atoms with Crippen molar-refractivity contribution in [2.24, 2.45) is 0 Å². The van der Waals surface area contributed by atoms with E-state index in [4.69, 9.17) is 0 Å². The van der Waals surface area contributed by atoms with Crippen molar-refractivity contribution < 1.29 is 0 Å². The van der Waals surface area contributed by atoms with Crippen LogP contribution in [0.2, 0.25) is 0 Å². The lowest BCUT2D eigenvalue weighted by Gasteiger charge is -2.13. The molecule has 0 amide bonds. The molecule has 82 valence electrons. The third-order valence-electron chi connectivity index (χ3n) is 3.10. The Morgan fingerprint density at radius 1 is 1.25 bits per heavy atom. The Balaban J connectivity index is 2.20. The summed E-state index contributed by atoms with van der Waals surface area (Å²) in [5.41, 5.74) is 3.94. The summed E-state index contributed by atoms with van der Waals surface area (Å²) in [5.74, 6) is 0.